The molecule has 23 heavy (non-hydrogen) atoms. The zero-order valence-electron chi connectivity index (χ0n) is 13.2. The van der Waals surface area contributed by atoms with Gasteiger partial charge in [-0.15, -0.1) is 0 Å². The third-order valence-electron chi connectivity index (χ3n) is 4.47. The van der Waals surface area contributed by atoms with Crippen LogP contribution in [0.3, 0.4) is 0 Å². The van der Waals surface area contributed by atoms with Crippen molar-refractivity contribution in [2.24, 2.45) is 0 Å². The van der Waals surface area contributed by atoms with Crippen LogP contribution in [-0.4, -0.2) is 17.5 Å². The maximum Gasteiger partial charge on any atom is 0.318 e. The molecule has 1 fully saturated rings. The standard InChI is InChI=1S/C19H21BrN2O/c1-14(15-9-11-17(20)12-10-15)22-13-5-8-18(21-19(22)23)16-6-3-2-4-7-16/h2-4,6-7,9-12,14,18H,5,8,13H2,1H3,(H,21,23)/t14-,18?/m0/s1. The number of nitrogens with one attached hydrogen (secondary N) is 1. The van der Waals surface area contributed by atoms with Crippen LogP contribution in [0.1, 0.15) is 43.0 Å². The van der Waals surface area contributed by atoms with E-state index in [-0.39, 0.29) is 18.1 Å². The summed E-state index contributed by atoms with van der Waals surface area (Å²) in [6.45, 7) is 2.87. The predicted molar refractivity (Wildman–Crippen MR) is 96.2 cm³/mol. The minimum Gasteiger partial charge on any atom is -0.331 e. The van der Waals surface area contributed by atoms with Gasteiger partial charge in [0.2, 0.25) is 0 Å². The summed E-state index contributed by atoms with van der Waals surface area (Å²) in [7, 11) is 0. The molecular formula is C19H21BrN2O. The van der Waals surface area contributed by atoms with Gasteiger partial charge in [-0.2, -0.15) is 0 Å². The van der Waals surface area contributed by atoms with Crippen molar-refractivity contribution in [3.05, 3.63) is 70.2 Å². The van der Waals surface area contributed by atoms with Gasteiger partial charge < -0.3 is 10.2 Å². The molecule has 1 unspecified atom stereocenters. The van der Waals surface area contributed by atoms with Crippen LogP contribution in [0, 0.1) is 0 Å². The number of rotatable bonds is 3. The summed E-state index contributed by atoms with van der Waals surface area (Å²) in [5.41, 5.74) is 2.33. The minimum atomic E-state index is 0.0202. The Hall–Kier alpha value is -1.81. The largest absolute Gasteiger partial charge is 0.331 e. The Morgan fingerprint density at radius 3 is 2.52 bits per heavy atom. The molecule has 120 valence electrons. The molecule has 0 bridgehead atoms. The lowest BCUT2D eigenvalue weighted by atomic mass is 10.0. The molecule has 3 rings (SSSR count). The highest BCUT2D eigenvalue weighted by Gasteiger charge is 2.27. The molecule has 4 heteroatoms. The van der Waals surface area contributed by atoms with Crippen LogP contribution in [0.4, 0.5) is 4.79 Å². The number of carbonyl (C=O) groups excluding carboxylic acids is 1. The van der Waals surface area contributed by atoms with Crippen LogP contribution >= 0.6 is 15.9 Å². The Kier molecular flexibility index (Phi) is 5.01. The summed E-state index contributed by atoms with van der Waals surface area (Å²) in [6, 6.07) is 18.6. The van der Waals surface area contributed by atoms with Gasteiger partial charge in [0.15, 0.2) is 0 Å². The first-order chi connectivity index (χ1) is 11.1. The van der Waals surface area contributed by atoms with E-state index in [1.165, 1.54) is 5.56 Å². The van der Waals surface area contributed by atoms with Crippen LogP contribution in [-0.2, 0) is 0 Å². The third kappa shape index (κ3) is 3.75. The fourth-order valence-corrected chi connectivity index (χ4v) is 3.36. The number of benzene rings is 2. The Morgan fingerprint density at radius 1 is 1.13 bits per heavy atom. The smallest absolute Gasteiger partial charge is 0.318 e. The predicted octanol–water partition coefficient (Wildman–Crippen LogP) is 5.06. The van der Waals surface area contributed by atoms with Gasteiger partial charge in [0.05, 0.1) is 12.1 Å². The van der Waals surface area contributed by atoms with E-state index >= 15 is 0 Å². The van der Waals surface area contributed by atoms with E-state index in [2.05, 4.69) is 52.4 Å². The molecule has 1 heterocycles. The molecule has 2 amide bonds. The third-order valence-corrected chi connectivity index (χ3v) is 5.00. The first-order valence-corrected chi connectivity index (χ1v) is 8.82. The SMILES string of the molecule is C[C@@H](c1ccc(Br)cc1)N1CCCC(c2ccccc2)NC1=O. The van der Waals surface area contributed by atoms with Crippen LogP contribution < -0.4 is 5.32 Å². The number of amides is 2. The van der Waals surface area contributed by atoms with E-state index in [1.807, 2.05) is 35.2 Å². The Labute approximate surface area is 145 Å². The molecule has 0 saturated carbocycles. The van der Waals surface area contributed by atoms with Gasteiger partial charge in [-0.1, -0.05) is 58.4 Å². The summed E-state index contributed by atoms with van der Waals surface area (Å²) < 4.78 is 1.05. The highest BCUT2D eigenvalue weighted by Crippen LogP contribution is 2.27. The van der Waals surface area contributed by atoms with Crippen molar-refractivity contribution in [1.82, 2.24) is 10.2 Å². The van der Waals surface area contributed by atoms with Crippen molar-refractivity contribution in [2.75, 3.05) is 6.54 Å². The van der Waals surface area contributed by atoms with Crippen molar-refractivity contribution < 1.29 is 4.79 Å². The highest BCUT2D eigenvalue weighted by atomic mass is 79.9. The topological polar surface area (TPSA) is 32.3 Å². The molecule has 1 N–H and O–H groups in total. The Bertz CT molecular complexity index is 657. The van der Waals surface area contributed by atoms with E-state index in [0.717, 1.165) is 29.4 Å². The van der Waals surface area contributed by atoms with Gasteiger partial charge in [-0.25, -0.2) is 4.79 Å². The van der Waals surface area contributed by atoms with Crippen molar-refractivity contribution in [3.8, 4) is 0 Å². The molecule has 0 spiro atoms. The summed E-state index contributed by atoms with van der Waals surface area (Å²) in [5, 5.41) is 3.19. The first-order valence-electron chi connectivity index (χ1n) is 8.02. The molecule has 1 saturated heterocycles. The van der Waals surface area contributed by atoms with Crippen LogP contribution in [0.25, 0.3) is 0 Å². The average molecular weight is 373 g/mol. The van der Waals surface area contributed by atoms with E-state index < -0.39 is 0 Å². The summed E-state index contributed by atoms with van der Waals surface area (Å²) in [4.78, 5) is 14.6. The molecule has 3 nitrogen and oxygen atoms in total. The zero-order valence-corrected chi connectivity index (χ0v) is 14.8. The minimum absolute atomic E-state index is 0.0202. The Balaban J connectivity index is 1.75. The monoisotopic (exact) mass is 372 g/mol. The van der Waals surface area contributed by atoms with Gasteiger partial charge >= 0.3 is 6.03 Å². The highest BCUT2D eigenvalue weighted by molar-refractivity contribution is 9.10. The van der Waals surface area contributed by atoms with Gasteiger partial charge in [-0.05, 0) is 43.0 Å². The lowest BCUT2D eigenvalue weighted by Gasteiger charge is -2.28. The van der Waals surface area contributed by atoms with Crippen molar-refractivity contribution in [2.45, 2.75) is 31.8 Å². The molecule has 0 radical (unpaired) electrons. The molecule has 1 aliphatic rings. The number of urea groups is 1. The van der Waals surface area contributed by atoms with Crippen LogP contribution in [0.15, 0.2) is 59.1 Å². The van der Waals surface area contributed by atoms with Crippen LogP contribution in [0.2, 0.25) is 0 Å². The Morgan fingerprint density at radius 2 is 1.83 bits per heavy atom. The summed E-state index contributed by atoms with van der Waals surface area (Å²) in [5.74, 6) is 0. The van der Waals surface area contributed by atoms with E-state index in [9.17, 15) is 4.79 Å². The molecule has 0 aromatic heterocycles. The maximum absolute atomic E-state index is 12.7. The van der Waals surface area contributed by atoms with Crippen molar-refractivity contribution in [3.63, 3.8) is 0 Å². The number of hydrogen-bond acceptors (Lipinski definition) is 1. The quantitative estimate of drug-likeness (QED) is 0.802. The molecule has 2 atom stereocenters. The summed E-state index contributed by atoms with van der Waals surface area (Å²) >= 11 is 3.46. The van der Waals surface area contributed by atoms with E-state index in [1.54, 1.807) is 0 Å². The summed E-state index contributed by atoms with van der Waals surface area (Å²) in [6.07, 6.45) is 1.97. The second-order valence-electron chi connectivity index (χ2n) is 5.98. The fourth-order valence-electron chi connectivity index (χ4n) is 3.10. The average Bonchev–Trinajstić information content (AvgIpc) is 2.77. The van der Waals surface area contributed by atoms with Gasteiger partial charge in [0.25, 0.3) is 0 Å². The van der Waals surface area contributed by atoms with Crippen molar-refractivity contribution >= 4 is 22.0 Å². The number of hydrogen-bond donors (Lipinski definition) is 1. The molecular weight excluding hydrogens is 352 g/mol. The second-order valence-corrected chi connectivity index (χ2v) is 6.89. The first kappa shape index (κ1) is 16.1. The van der Waals surface area contributed by atoms with Gasteiger partial charge in [0, 0.05) is 11.0 Å². The van der Waals surface area contributed by atoms with Crippen LogP contribution in [0.5, 0.6) is 0 Å². The van der Waals surface area contributed by atoms with Crippen molar-refractivity contribution in [1.29, 1.82) is 0 Å². The second kappa shape index (κ2) is 7.18. The molecule has 1 aliphatic heterocycles. The molecule has 2 aromatic carbocycles. The zero-order chi connectivity index (χ0) is 16.2. The van der Waals surface area contributed by atoms with Gasteiger partial charge in [0.1, 0.15) is 0 Å². The maximum atomic E-state index is 12.7. The van der Waals surface area contributed by atoms with E-state index in [0.29, 0.717) is 0 Å². The molecule has 0 aliphatic carbocycles. The lowest BCUT2D eigenvalue weighted by molar-refractivity contribution is 0.183. The number of halogens is 1. The van der Waals surface area contributed by atoms with E-state index in [4.69, 9.17) is 0 Å². The fraction of sp³-hybridized carbons (Fsp3) is 0.316. The molecule has 2 aromatic rings. The number of carbonyl (C=O) groups is 1. The number of nitrogens with zero attached hydrogens (tertiary/aromatic N) is 1. The van der Waals surface area contributed by atoms with Gasteiger partial charge in [-0.3, -0.25) is 0 Å². The lowest BCUT2D eigenvalue weighted by Crippen LogP contribution is -2.40. The normalized spacial score (nSPS) is 19.8.